The van der Waals surface area contributed by atoms with Gasteiger partial charge in [0.05, 0.1) is 17.4 Å². The second kappa shape index (κ2) is 3.31. The first-order chi connectivity index (χ1) is 6.61. The summed E-state index contributed by atoms with van der Waals surface area (Å²) in [7, 11) is 0. The van der Waals surface area contributed by atoms with Gasteiger partial charge in [-0.25, -0.2) is 4.79 Å². The highest BCUT2D eigenvalue weighted by Gasteiger charge is 2.26. The zero-order valence-electron chi connectivity index (χ0n) is 8.15. The third kappa shape index (κ3) is 1.32. The minimum Gasteiger partial charge on any atom is -0.478 e. The Morgan fingerprint density at radius 2 is 2.21 bits per heavy atom. The van der Waals surface area contributed by atoms with Crippen molar-refractivity contribution in [3.05, 3.63) is 17.0 Å². The lowest BCUT2D eigenvalue weighted by molar-refractivity contribution is 0.0695. The molecule has 76 valence electrons. The maximum atomic E-state index is 10.9. The van der Waals surface area contributed by atoms with E-state index in [0.29, 0.717) is 17.3 Å². The number of carboxylic acids is 1. The molecular formula is C9H12N2O2S. The average molecular weight is 212 g/mol. The summed E-state index contributed by atoms with van der Waals surface area (Å²) in [6.07, 6.45) is 0. The normalized spacial score (nSPS) is 16.7. The van der Waals surface area contributed by atoms with Crippen LogP contribution < -0.4 is 0 Å². The van der Waals surface area contributed by atoms with Crippen LogP contribution in [0.15, 0.2) is 0 Å². The fraction of sp³-hybridized carbons (Fsp3) is 0.556. The minimum atomic E-state index is -0.877. The predicted octanol–water partition coefficient (Wildman–Crippen LogP) is 1.49. The highest BCUT2D eigenvalue weighted by atomic mass is 32.2. The van der Waals surface area contributed by atoms with E-state index >= 15 is 0 Å². The van der Waals surface area contributed by atoms with E-state index in [2.05, 4.69) is 5.10 Å². The van der Waals surface area contributed by atoms with Crippen LogP contribution >= 0.6 is 11.8 Å². The number of thioether (sulfide) groups is 1. The molecule has 0 aliphatic carbocycles. The maximum absolute atomic E-state index is 10.9. The van der Waals surface area contributed by atoms with Gasteiger partial charge >= 0.3 is 5.97 Å². The van der Waals surface area contributed by atoms with Crippen LogP contribution in [0.2, 0.25) is 0 Å². The molecule has 0 aromatic carbocycles. The fourth-order valence-electron chi connectivity index (χ4n) is 1.69. The molecule has 5 heteroatoms. The summed E-state index contributed by atoms with van der Waals surface area (Å²) >= 11 is 1.86. The number of carbonyl (C=O) groups is 1. The van der Waals surface area contributed by atoms with E-state index in [1.807, 2.05) is 23.4 Å². The number of hydrogen-bond donors (Lipinski definition) is 1. The Labute approximate surface area is 86.3 Å². The van der Waals surface area contributed by atoms with Crippen LogP contribution in [0, 0.1) is 13.8 Å². The number of carboxylic acid groups (broad SMARTS) is 1. The van der Waals surface area contributed by atoms with Crippen molar-refractivity contribution in [2.24, 2.45) is 0 Å². The quantitative estimate of drug-likeness (QED) is 0.807. The second-order valence-corrected chi connectivity index (χ2v) is 4.56. The van der Waals surface area contributed by atoms with Crippen molar-refractivity contribution in [2.75, 3.05) is 11.5 Å². The van der Waals surface area contributed by atoms with E-state index in [9.17, 15) is 4.79 Å². The van der Waals surface area contributed by atoms with E-state index in [0.717, 1.165) is 17.2 Å². The number of rotatable bonds is 2. The summed E-state index contributed by atoms with van der Waals surface area (Å²) in [6.45, 7) is 3.57. The Balaban J connectivity index is 2.42. The number of nitrogens with zero attached hydrogens (tertiary/aromatic N) is 2. The van der Waals surface area contributed by atoms with Gasteiger partial charge < -0.3 is 5.11 Å². The van der Waals surface area contributed by atoms with E-state index in [-0.39, 0.29) is 0 Å². The molecular weight excluding hydrogens is 200 g/mol. The van der Waals surface area contributed by atoms with Gasteiger partial charge in [0, 0.05) is 11.5 Å². The Morgan fingerprint density at radius 1 is 1.57 bits per heavy atom. The van der Waals surface area contributed by atoms with Gasteiger partial charge in [-0.15, -0.1) is 0 Å². The number of hydrogen-bond acceptors (Lipinski definition) is 3. The van der Waals surface area contributed by atoms with E-state index in [1.165, 1.54) is 0 Å². The molecule has 0 atom stereocenters. The number of aryl methyl sites for hydroxylation is 1. The Kier molecular flexibility index (Phi) is 2.26. The van der Waals surface area contributed by atoms with Crippen LogP contribution in [0.1, 0.15) is 27.8 Å². The van der Waals surface area contributed by atoms with Crippen LogP contribution in [-0.4, -0.2) is 32.4 Å². The largest absolute Gasteiger partial charge is 0.478 e. The van der Waals surface area contributed by atoms with E-state index < -0.39 is 5.97 Å². The summed E-state index contributed by atoms with van der Waals surface area (Å²) in [5.41, 5.74) is 1.76. The van der Waals surface area contributed by atoms with E-state index in [1.54, 1.807) is 6.92 Å². The lowest BCUT2D eigenvalue weighted by Crippen LogP contribution is -2.25. The maximum Gasteiger partial charge on any atom is 0.339 e. The molecule has 1 aliphatic rings. The molecule has 0 amide bonds. The summed E-state index contributed by atoms with van der Waals surface area (Å²) in [5, 5.41) is 13.2. The molecule has 0 bridgehead atoms. The van der Waals surface area contributed by atoms with Crippen molar-refractivity contribution < 1.29 is 9.90 Å². The molecule has 0 radical (unpaired) electrons. The molecule has 0 saturated carbocycles. The second-order valence-electron chi connectivity index (χ2n) is 3.49. The Bertz CT molecular complexity index is 382. The lowest BCUT2D eigenvalue weighted by atomic mass is 10.2. The SMILES string of the molecule is Cc1nn(C2CSC2)c(C)c1C(=O)O. The van der Waals surface area contributed by atoms with Crippen molar-refractivity contribution in [1.29, 1.82) is 0 Å². The van der Waals surface area contributed by atoms with Gasteiger partial charge in [0.25, 0.3) is 0 Å². The summed E-state index contributed by atoms with van der Waals surface area (Å²) in [4.78, 5) is 10.9. The zero-order valence-corrected chi connectivity index (χ0v) is 8.97. The van der Waals surface area contributed by atoms with Gasteiger partial charge in [-0.3, -0.25) is 4.68 Å². The zero-order chi connectivity index (χ0) is 10.3. The lowest BCUT2D eigenvalue weighted by Gasteiger charge is -2.26. The standard InChI is InChI=1S/C9H12N2O2S/c1-5-8(9(12)13)6(2)11(10-5)7-3-14-4-7/h7H,3-4H2,1-2H3,(H,12,13). The highest BCUT2D eigenvalue weighted by Crippen LogP contribution is 2.31. The van der Waals surface area contributed by atoms with Crippen molar-refractivity contribution in [3.63, 3.8) is 0 Å². The van der Waals surface area contributed by atoms with Crippen molar-refractivity contribution in [3.8, 4) is 0 Å². The number of aromatic nitrogens is 2. The van der Waals surface area contributed by atoms with Gasteiger partial charge in [-0.2, -0.15) is 16.9 Å². The third-order valence-electron chi connectivity index (χ3n) is 2.51. The van der Waals surface area contributed by atoms with Gasteiger partial charge in [-0.1, -0.05) is 0 Å². The van der Waals surface area contributed by atoms with Crippen LogP contribution in [0.5, 0.6) is 0 Å². The summed E-state index contributed by atoms with van der Waals surface area (Å²) in [6, 6.07) is 0.395. The monoisotopic (exact) mass is 212 g/mol. The average Bonchev–Trinajstić information content (AvgIpc) is 2.23. The molecule has 0 spiro atoms. The molecule has 2 heterocycles. The van der Waals surface area contributed by atoms with Crippen molar-refractivity contribution in [2.45, 2.75) is 19.9 Å². The number of aromatic carboxylic acids is 1. The van der Waals surface area contributed by atoms with Crippen LogP contribution in [0.4, 0.5) is 0 Å². The first-order valence-corrected chi connectivity index (χ1v) is 5.63. The molecule has 14 heavy (non-hydrogen) atoms. The van der Waals surface area contributed by atoms with Gasteiger partial charge in [0.15, 0.2) is 0 Å². The predicted molar refractivity (Wildman–Crippen MR) is 55.0 cm³/mol. The minimum absolute atomic E-state index is 0.363. The Morgan fingerprint density at radius 3 is 2.57 bits per heavy atom. The molecule has 4 nitrogen and oxygen atoms in total. The molecule has 1 aromatic heterocycles. The summed E-state index contributed by atoms with van der Waals surface area (Å²) in [5.74, 6) is 1.21. The van der Waals surface area contributed by atoms with Crippen LogP contribution in [0.25, 0.3) is 0 Å². The molecule has 1 saturated heterocycles. The highest BCUT2D eigenvalue weighted by molar-refractivity contribution is 8.00. The topological polar surface area (TPSA) is 55.1 Å². The summed E-state index contributed by atoms with van der Waals surface area (Å²) < 4.78 is 1.86. The third-order valence-corrected chi connectivity index (χ3v) is 3.75. The first kappa shape index (κ1) is 9.58. The van der Waals surface area contributed by atoms with Gasteiger partial charge in [0.2, 0.25) is 0 Å². The Hall–Kier alpha value is -0.970. The van der Waals surface area contributed by atoms with Gasteiger partial charge in [-0.05, 0) is 13.8 Å². The molecule has 2 rings (SSSR count). The molecule has 1 aliphatic heterocycles. The molecule has 1 fully saturated rings. The van der Waals surface area contributed by atoms with E-state index in [4.69, 9.17) is 5.11 Å². The van der Waals surface area contributed by atoms with Crippen LogP contribution in [-0.2, 0) is 0 Å². The molecule has 1 N–H and O–H groups in total. The molecule has 0 unspecified atom stereocenters. The van der Waals surface area contributed by atoms with Crippen LogP contribution in [0.3, 0.4) is 0 Å². The first-order valence-electron chi connectivity index (χ1n) is 4.48. The smallest absolute Gasteiger partial charge is 0.339 e. The fourth-order valence-corrected chi connectivity index (χ4v) is 2.42. The van der Waals surface area contributed by atoms with Gasteiger partial charge in [0.1, 0.15) is 5.56 Å². The molecule has 1 aromatic rings. The van der Waals surface area contributed by atoms with Crippen molar-refractivity contribution in [1.82, 2.24) is 9.78 Å². The van der Waals surface area contributed by atoms with Crippen molar-refractivity contribution >= 4 is 17.7 Å².